The second-order valence-electron chi connectivity index (χ2n) is 3.46. The Labute approximate surface area is 76.2 Å². The Morgan fingerprint density at radius 1 is 1.67 bits per heavy atom. The van der Waals surface area contributed by atoms with Gasteiger partial charge in [0.1, 0.15) is 5.01 Å². The summed E-state index contributed by atoms with van der Waals surface area (Å²) in [4.78, 5) is 4.27. The van der Waals surface area contributed by atoms with Crippen LogP contribution in [0.2, 0.25) is 0 Å². The maximum atomic E-state index is 5.93. The van der Waals surface area contributed by atoms with Gasteiger partial charge in [-0.2, -0.15) is 4.37 Å². The minimum atomic E-state index is 0.0717. The average Bonchev–Trinajstić information content (AvgIpc) is 2.72. The Morgan fingerprint density at radius 3 is 2.92 bits per heavy atom. The molecule has 2 N–H and O–H groups in total. The lowest BCUT2D eigenvalue weighted by Gasteiger charge is -2.04. The molecule has 4 heteroatoms. The van der Waals surface area contributed by atoms with E-state index in [1.807, 2.05) is 6.92 Å². The van der Waals surface area contributed by atoms with Crippen molar-refractivity contribution in [1.29, 1.82) is 0 Å². The van der Waals surface area contributed by atoms with Crippen LogP contribution >= 0.6 is 11.5 Å². The number of hydrogen-bond acceptors (Lipinski definition) is 4. The first-order valence-electron chi connectivity index (χ1n) is 4.31. The number of nitrogens with zero attached hydrogens (tertiary/aromatic N) is 2. The van der Waals surface area contributed by atoms with E-state index in [4.69, 9.17) is 5.73 Å². The fourth-order valence-corrected chi connectivity index (χ4v) is 1.82. The van der Waals surface area contributed by atoms with E-state index in [1.54, 1.807) is 0 Å². The highest BCUT2D eigenvalue weighted by Gasteiger charge is 2.25. The number of hydrogen-bond donors (Lipinski definition) is 1. The van der Waals surface area contributed by atoms with Crippen molar-refractivity contribution in [3.05, 3.63) is 10.8 Å². The molecular formula is C8H13N3S. The summed E-state index contributed by atoms with van der Waals surface area (Å²) in [5.74, 6) is 1.69. The third-order valence-corrected chi connectivity index (χ3v) is 2.79. The van der Waals surface area contributed by atoms with Gasteiger partial charge in [0.2, 0.25) is 0 Å². The van der Waals surface area contributed by atoms with Crippen molar-refractivity contribution in [3.63, 3.8) is 0 Å². The lowest BCUT2D eigenvalue weighted by atomic mass is 10.1. The zero-order valence-corrected chi connectivity index (χ0v) is 7.97. The maximum Gasteiger partial charge on any atom is 0.159 e. The van der Waals surface area contributed by atoms with Gasteiger partial charge in [0.25, 0.3) is 0 Å². The lowest BCUT2D eigenvalue weighted by molar-refractivity contribution is 0.573. The van der Waals surface area contributed by atoms with Gasteiger partial charge in [-0.25, -0.2) is 4.98 Å². The first kappa shape index (κ1) is 8.13. The van der Waals surface area contributed by atoms with E-state index in [0.717, 1.165) is 23.2 Å². The predicted octanol–water partition coefficient (Wildman–Crippen LogP) is 1.65. The molecular weight excluding hydrogens is 170 g/mol. The minimum Gasteiger partial charge on any atom is -0.321 e. The number of aryl methyl sites for hydroxylation is 1. The molecule has 1 unspecified atom stereocenters. The van der Waals surface area contributed by atoms with Crippen LogP contribution in [-0.2, 0) is 0 Å². The molecule has 0 spiro atoms. The standard InChI is InChI=1S/C8H13N3S/c1-5-10-8(11-12-5)7(9)4-6-2-3-6/h6-7H,2-4,9H2,1H3. The van der Waals surface area contributed by atoms with Crippen LogP contribution in [0.1, 0.15) is 36.1 Å². The monoisotopic (exact) mass is 183 g/mol. The summed E-state index contributed by atoms with van der Waals surface area (Å²) < 4.78 is 4.20. The highest BCUT2D eigenvalue weighted by Crippen LogP contribution is 2.36. The molecule has 1 saturated carbocycles. The van der Waals surface area contributed by atoms with Crippen LogP contribution in [-0.4, -0.2) is 9.36 Å². The van der Waals surface area contributed by atoms with E-state index >= 15 is 0 Å². The largest absolute Gasteiger partial charge is 0.321 e. The second-order valence-corrected chi connectivity index (χ2v) is 4.41. The molecule has 1 heterocycles. The first-order chi connectivity index (χ1) is 5.75. The molecule has 1 fully saturated rings. The van der Waals surface area contributed by atoms with E-state index in [2.05, 4.69) is 9.36 Å². The van der Waals surface area contributed by atoms with Crippen LogP contribution in [0.15, 0.2) is 0 Å². The van der Waals surface area contributed by atoms with E-state index in [-0.39, 0.29) is 6.04 Å². The molecule has 0 amide bonds. The summed E-state index contributed by atoms with van der Waals surface area (Å²) in [6, 6.07) is 0.0717. The van der Waals surface area contributed by atoms with Crippen molar-refractivity contribution in [2.75, 3.05) is 0 Å². The van der Waals surface area contributed by atoms with Crippen LogP contribution in [0.25, 0.3) is 0 Å². The van der Waals surface area contributed by atoms with E-state index in [9.17, 15) is 0 Å². The first-order valence-corrected chi connectivity index (χ1v) is 5.09. The van der Waals surface area contributed by atoms with Crippen LogP contribution in [0.3, 0.4) is 0 Å². The van der Waals surface area contributed by atoms with Gasteiger partial charge in [0, 0.05) is 0 Å². The number of rotatable bonds is 3. The smallest absolute Gasteiger partial charge is 0.159 e. The maximum absolute atomic E-state index is 5.93. The Bertz CT molecular complexity index is 267. The van der Waals surface area contributed by atoms with Crippen molar-refractivity contribution in [2.45, 2.75) is 32.2 Å². The molecule has 0 saturated heterocycles. The molecule has 12 heavy (non-hydrogen) atoms. The van der Waals surface area contributed by atoms with Gasteiger partial charge in [0.05, 0.1) is 6.04 Å². The van der Waals surface area contributed by atoms with Gasteiger partial charge in [-0.05, 0) is 30.8 Å². The second kappa shape index (κ2) is 3.11. The van der Waals surface area contributed by atoms with Gasteiger partial charge in [-0.1, -0.05) is 12.8 Å². The summed E-state index contributed by atoms with van der Waals surface area (Å²) in [6.07, 6.45) is 3.75. The van der Waals surface area contributed by atoms with Crippen molar-refractivity contribution < 1.29 is 0 Å². The molecule has 2 rings (SSSR count). The summed E-state index contributed by atoms with van der Waals surface area (Å²) in [7, 11) is 0. The molecule has 1 aliphatic rings. The van der Waals surface area contributed by atoms with Gasteiger partial charge < -0.3 is 5.73 Å². The minimum absolute atomic E-state index is 0.0717. The Morgan fingerprint density at radius 2 is 2.42 bits per heavy atom. The molecule has 0 bridgehead atoms. The molecule has 1 aliphatic carbocycles. The van der Waals surface area contributed by atoms with Crippen LogP contribution in [0.5, 0.6) is 0 Å². The summed E-state index contributed by atoms with van der Waals surface area (Å²) in [6.45, 7) is 1.96. The van der Waals surface area contributed by atoms with Crippen molar-refractivity contribution >= 4 is 11.5 Å². The van der Waals surface area contributed by atoms with Gasteiger partial charge in [0.15, 0.2) is 5.82 Å². The number of nitrogens with two attached hydrogens (primary N) is 1. The molecule has 1 aromatic rings. The van der Waals surface area contributed by atoms with Crippen LogP contribution in [0.4, 0.5) is 0 Å². The lowest BCUT2D eigenvalue weighted by Crippen LogP contribution is -2.12. The van der Waals surface area contributed by atoms with Gasteiger partial charge in [-0.15, -0.1) is 0 Å². The molecule has 0 aromatic carbocycles. The van der Waals surface area contributed by atoms with Gasteiger partial charge >= 0.3 is 0 Å². The quantitative estimate of drug-likeness (QED) is 0.775. The van der Waals surface area contributed by atoms with E-state index < -0.39 is 0 Å². The van der Waals surface area contributed by atoms with E-state index in [1.165, 1.54) is 24.4 Å². The summed E-state index contributed by atoms with van der Waals surface area (Å²) in [5, 5.41) is 1.01. The van der Waals surface area contributed by atoms with Crippen LogP contribution in [0, 0.1) is 12.8 Å². The van der Waals surface area contributed by atoms with Crippen LogP contribution < -0.4 is 5.73 Å². The molecule has 1 atom stereocenters. The molecule has 0 aliphatic heterocycles. The van der Waals surface area contributed by atoms with Gasteiger partial charge in [-0.3, -0.25) is 0 Å². The molecule has 3 nitrogen and oxygen atoms in total. The molecule has 1 aromatic heterocycles. The Balaban J connectivity index is 1.97. The Kier molecular flexibility index (Phi) is 2.11. The fraction of sp³-hybridized carbons (Fsp3) is 0.750. The van der Waals surface area contributed by atoms with Crippen molar-refractivity contribution in [3.8, 4) is 0 Å². The highest BCUT2D eigenvalue weighted by atomic mass is 32.1. The third kappa shape index (κ3) is 1.81. The zero-order chi connectivity index (χ0) is 8.55. The SMILES string of the molecule is Cc1nc(C(N)CC2CC2)ns1. The summed E-state index contributed by atoms with van der Waals surface area (Å²) in [5.41, 5.74) is 5.93. The fourth-order valence-electron chi connectivity index (χ4n) is 1.28. The Hall–Kier alpha value is -0.480. The average molecular weight is 183 g/mol. The normalized spacial score (nSPS) is 19.5. The van der Waals surface area contributed by atoms with Crippen molar-refractivity contribution in [1.82, 2.24) is 9.36 Å². The number of aromatic nitrogens is 2. The third-order valence-electron chi connectivity index (χ3n) is 2.16. The molecule has 0 radical (unpaired) electrons. The summed E-state index contributed by atoms with van der Waals surface area (Å²) >= 11 is 1.44. The highest BCUT2D eigenvalue weighted by molar-refractivity contribution is 7.05. The van der Waals surface area contributed by atoms with Crippen molar-refractivity contribution in [2.24, 2.45) is 11.7 Å². The topological polar surface area (TPSA) is 51.8 Å². The predicted molar refractivity (Wildman–Crippen MR) is 48.9 cm³/mol. The molecule has 66 valence electrons. The van der Waals surface area contributed by atoms with E-state index in [0.29, 0.717) is 0 Å². The zero-order valence-electron chi connectivity index (χ0n) is 7.16.